The predicted molar refractivity (Wildman–Crippen MR) is 58.7 cm³/mol. The molecule has 15 heavy (non-hydrogen) atoms. The van der Waals surface area contributed by atoms with Gasteiger partial charge >= 0.3 is 0 Å². The fraction of sp³-hybridized carbons (Fsp3) is 0.667. The fourth-order valence-electron chi connectivity index (χ4n) is 2.89. The predicted octanol–water partition coefficient (Wildman–Crippen LogP) is 1.46. The number of rotatable bonds is 2. The van der Waals surface area contributed by atoms with Crippen LogP contribution in [0, 0.1) is 5.92 Å². The van der Waals surface area contributed by atoms with Crippen LogP contribution in [-0.2, 0) is 6.42 Å². The van der Waals surface area contributed by atoms with E-state index in [9.17, 15) is 0 Å². The Morgan fingerprint density at radius 3 is 3.00 bits per heavy atom. The molecule has 0 aromatic carbocycles. The molecule has 2 bridgehead atoms. The van der Waals surface area contributed by atoms with Crippen LogP contribution in [0.15, 0.2) is 12.4 Å². The van der Waals surface area contributed by atoms with Gasteiger partial charge in [-0.25, -0.2) is 0 Å². The molecule has 2 saturated heterocycles. The van der Waals surface area contributed by atoms with Gasteiger partial charge in [0.2, 0.25) is 0 Å². The Morgan fingerprint density at radius 1 is 1.40 bits per heavy atom. The summed E-state index contributed by atoms with van der Waals surface area (Å²) in [5, 5.41) is 0. The second-order valence-corrected chi connectivity index (χ2v) is 4.70. The Labute approximate surface area is 90.5 Å². The molecule has 3 unspecified atom stereocenters. The van der Waals surface area contributed by atoms with Crippen molar-refractivity contribution in [1.29, 1.82) is 0 Å². The van der Waals surface area contributed by atoms with Crippen molar-refractivity contribution in [3.05, 3.63) is 23.8 Å². The van der Waals surface area contributed by atoms with Crippen LogP contribution in [0.25, 0.3) is 0 Å². The first-order valence-electron chi connectivity index (χ1n) is 5.90. The van der Waals surface area contributed by atoms with E-state index >= 15 is 0 Å². The molecule has 3 heterocycles. The van der Waals surface area contributed by atoms with Crippen molar-refractivity contribution in [2.75, 3.05) is 19.6 Å². The minimum Gasteiger partial charge on any atom is -0.302 e. The molecule has 0 amide bonds. The van der Waals surface area contributed by atoms with Gasteiger partial charge in [-0.3, -0.25) is 9.97 Å². The van der Waals surface area contributed by atoms with Gasteiger partial charge in [-0.2, -0.15) is 0 Å². The average Bonchev–Trinajstić information content (AvgIpc) is 2.91. The maximum absolute atomic E-state index is 4.70. The van der Waals surface area contributed by atoms with Gasteiger partial charge in [-0.05, 0) is 25.3 Å². The molecule has 3 atom stereocenters. The van der Waals surface area contributed by atoms with E-state index in [1.165, 1.54) is 31.7 Å². The highest BCUT2D eigenvalue weighted by molar-refractivity contribution is 5.14. The maximum Gasteiger partial charge on any atom is 0.0636 e. The summed E-state index contributed by atoms with van der Waals surface area (Å²) in [6.45, 7) is 5.91. The topological polar surface area (TPSA) is 29.0 Å². The van der Waals surface area contributed by atoms with Crippen molar-refractivity contribution < 1.29 is 0 Å². The Bertz CT molecular complexity index is 364. The van der Waals surface area contributed by atoms with Crippen LogP contribution in [0.5, 0.6) is 0 Å². The van der Waals surface area contributed by atoms with Gasteiger partial charge in [-0.15, -0.1) is 0 Å². The fourth-order valence-corrected chi connectivity index (χ4v) is 2.89. The molecular formula is C12H17N3. The van der Waals surface area contributed by atoms with E-state index in [2.05, 4.69) is 16.8 Å². The van der Waals surface area contributed by atoms with Crippen molar-refractivity contribution >= 4 is 0 Å². The van der Waals surface area contributed by atoms with Crippen LogP contribution in [0.2, 0.25) is 0 Å². The molecule has 80 valence electrons. The van der Waals surface area contributed by atoms with Gasteiger partial charge in [0.05, 0.1) is 11.4 Å². The Morgan fingerprint density at radius 2 is 2.33 bits per heavy atom. The molecule has 1 aromatic heterocycles. The molecule has 2 aliphatic rings. The molecule has 2 aliphatic heterocycles. The quantitative estimate of drug-likeness (QED) is 0.728. The van der Waals surface area contributed by atoms with Crippen molar-refractivity contribution in [2.24, 2.45) is 5.92 Å². The van der Waals surface area contributed by atoms with E-state index in [1.54, 1.807) is 0 Å². The highest BCUT2D eigenvalue weighted by Crippen LogP contribution is 2.38. The minimum absolute atomic E-state index is 0.651. The first-order valence-corrected chi connectivity index (χ1v) is 5.90. The van der Waals surface area contributed by atoms with Crippen LogP contribution in [0.3, 0.4) is 0 Å². The molecular weight excluding hydrogens is 186 g/mol. The molecule has 3 rings (SSSR count). The summed E-state index contributed by atoms with van der Waals surface area (Å²) in [7, 11) is 0. The van der Waals surface area contributed by atoms with Gasteiger partial charge < -0.3 is 4.90 Å². The number of fused-ring (bicyclic) bond motifs is 2. The monoisotopic (exact) mass is 203 g/mol. The second-order valence-electron chi connectivity index (χ2n) is 4.70. The summed E-state index contributed by atoms with van der Waals surface area (Å²) in [5.74, 6) is 1.49. The van der Waals surface area contributed by atoms with Crippen molar-refractivity contribution in [3.63, 3.8) is 0 Å². The zero-order valence-corrected chi connectivity index (χ0v) is 9.19. The summed E-state index contributed by atoms with van der Waals surface area (Å²) >= 11 is 0. The Balaban J connectivity index is 1.86. The second kappa shape index (κ2) is 3.56. The number of piperidine rings is 1. The van der Waals surface area contributed by atoms with E-state index in [1.807, 2.05) is 12.4 Å². The zero-order valence-electron chi connectivity index (χ0n) is 9.19. The van der Waals surface area contributed by atoms with E-state index in [-0.39, 0.29) is 0 Å². The average molecular weight is 203 g/mol. The highest BCUT2D eigenvalue weighted by atomic mass is 15.2. The molecule has 0 N–H and O–H groups in total. The maximum atomic E-state index is 4.70. The summed E-state index contributed by atoms with van der Waals surface area (Å²) in [6.07, 6.45) is 6.19. The third kappa shape index (κ3) is 1.55. The highest BCUT2D eigenvalue weighted by Gasteiger charge is 2.39. The largest absolute Gasteiger partial charge is 0.302 e. The normalized spacial score (nSPS) is 33.5. The molecule has 0 saturated carbocycles. The Hall–Kier alpha value is -0.960. The summed E-state index contributed by atoms with van der Waals surface area (Å²) in [4.78, 5) is 11.6. The lowest BCUT2D eigenvalue weighted by atomic mass is 9.90. The van der Waals surface area contributed by atoms with Gasteiger partial charge in [0.25, 0.3) is 0 Å². The summed E-state index contributed by atoms with van der Waals surface area (Å²) in [5.41, 5.74) is 2.35. The molecule has 0 aliphatic carbocycles. The first-order chi connectivity index (χ1) is 7.36. The molecule has 0 spiro atoms. The molecule has 0 radical (unpaired) electrons. The number of nitrogens with zero attached hydrogens (tertiary/aromatic N) is 3. The number of hydrogen-bond acceptors (Lipinski definition) is 3. The summed E-state index contributed by atoms with van der Waals surface area (Å²) in [6, 6.07) is 0. The number of aromatic nitrogens is 2. The van der Waals surface area contributed by atoms with Crippen LogP contribution in [0.4, 0.5) is 0 Å². The SMILES string of the molecule is CCc1cncc(C2CN3CCC2C3)n1. The first kappa shape index (κ1) is 9.28. The van der Waals surface area contributed by atoms with Crippen LogP contribution < -0.4 is 0 Å². The van der Waals surface area contributed by atoms with E-state index < -0.39 is 0 Å². The Kier molecular flexibility index (Phi) is 2.20. The number of aryl methyl sites for hydroxylation is 1. The van der Waals surface area contributed by atoms with E-state index in [0.717, 1.165) is 18.0 Å². The molecule has 3 nitrogen and oxygen atoms in total. The van der Waals surface area contributed by atoms with Crippen molar-refractivity contribution in [2.45, 2.75) is 25.7 Å². The summed E-state index contributed by atoms with van der Waals surface area (Å²) < 4.78 is 0. The number of hydrogen-bond donors (Lipinski definition) is 0. The zero-order chi connectivity index (χ0) is 10.3. The van der Waals surface area contributed by atoms with Gasteiger partial charge in [0, 0.05) is 31.4 Å². The van der Waals surface area contributed by atoms with Crippen molar-refractivity contribution in [3.8, 4) is 0 Å². The smallest absolute Gasteiger partial charge is 0.0636 e. The standard InChI is InChI=1S/C12H17N3/c1-2-10-5-13-6-12(14-10)11-8-15-4-3-9(11)7-15/h5-6,9,11H,2-4,7-8H2,1H3. The molecule has 2 fully saturated rings. The lowest BCUT2D eigenvalue weighted by Gasteiger charge is -2.21. The lowest BCUT2D eigenvalue weighted by molar-refractivity contribution is 0.343. The third-order valence-electron chi connectivity index (χ3n) is 3.78. The van der Waals surface area contributed by atoms with E-state index in [0.29, 0.717) is 5.92 Å². The van der Waals surface area contributed by atoms with Gasteiger partial charge in [0.15, 0.2) is 0 Å². The minimum atomic E-state index is 0.651. The van der Waals surface area contributed by atoms with Crippen molar-refractivity contribution in [1.82, 2.24) is 14.9 Å². The lowest BCUT2D eigenvalue weighted by Crippen LogP contribution is -2.23. The molecule has 3 heteroatoms. The van der Waals surface area contributed by atoms with Gasteiger partial charge in [0.1, 0.15) is 0 Å². The van der Waals surface area contributed by atoms with Gasteiger partial charge in [-0.1, -0.05) is 6.92 Å². The van der Waals surface area contributed by atoms with Crippen LogP contribution >= 0.6 is 0 Å². The van der Waals surface area contributed by atoms with E-state index in [4.69, 9.17) is 4.98 Å². The van der Waals surface area contributed by atoms with Crippen LogP contribution in [-0.4, -0.2) is 34.5 Å². The van der Waals surface area contributed by atoms with Crippen LogP contribution in [0.1, 0.15) is 30.7 Å². The molecule has 1 aromatic rings. The third-order valence-corrected chi connectivity index (χ3v) is 3.78.